The molecule has 0 aromatic carbocycles. The van der Waals surface area contributed by atoms with E-state index in [9.17, 15) is 9.59 Å². The first kappa shape index (κ1) is 13.7. The van der Waals surface area contributed by atoms with E-state index in [1.807, 2.05) is 11.8 Å². The number of rotatable bonds is 4. The van der Waals surface area contributed by atoms with Gasteiger partial charge in [0.1, 0.15) is 0 Å². The first-order valence-corrected chi connectivity index (χ1v) is 7.92. The molecule has 0 aromatic heterocycles. The summed E-state index contributed by atoms with van der Waals surface area (Å²) < 4.78 is 0. The maximum atomic E-state index is 12.1. The van der Waals surface area contributed by atoms with Gasteiger partial charge in [0.05, 0.1) is 5.92 Å². The molecule has 1 saturated heterocycles. The highest BCUT2D eigenvalue weighted by Crippen LogP contribution is 2.29. The van der Waals surface area contributed by atoms with Gasteiger partial charge in [0, 0.05) is 24.3 Å². The Bertz CT molecular complexity index is 312. The number of nitrogens with one attached hydrogen (secondary N) is 2. The average molecular weight is 270 g/mol. The second-order valence-corrected chi connectivity index (χ2v) is 6.71. The Morgan fingerprint density at radius 3 is 2.94 bits per heavy atom. The van der Waals surface area contributed by atoms with Gasteiger partial charge < -0.3 is 10.6 Å². The Balaban J connectivity index is 1.73. The van der Waals surface area contributed by atoms with Crippen molar-refractivity contribution in [2.45, 2.75) is 50.3 Å². The van der Waals surface area contributed by atoms with Crippen molar-refractivity contribution in [2.24, 2.45) is 5.92 Å². The molecular formula is C13H22N2O2S. The van der Waals surface area contributed by atoms with Crippen LogP contribution in [0, 0.1) is 5.92 Å². The summed E-state index contributed by atoms with van der Waals surface area (Å²) in [4.78, 5) is 23.1. The van der Waals surface area contributed by atoms with Crippen molar-refractivity contribution in [3.63, 3.8) is 0 Å². The van der Waals surface area contributed by atoms with E-state index >= 15 is 0 Å². The highest BCUT2D eigenvalue weighted by molar-refractivity contribution is 7.99. The first-order chi connectivity index (χ1) is 8.69. The Kier molecular flexibility index (Phi) is 4.92. The summed E-state index contributed by atoms with van der Waals surface area (Å²) in [7, 11) is 0. The van der Waals surface area contributed by atoms with E-state index in [0.717, 1.165) is 18.6 Å². The second-order valence-electron chi connectivity index (χ2n) is 5.14. The molecule has 2 amide bonds. The van der Waals surface area contributed by atoms with Crippen molar-refractivity contribution >= 4 is 23.6 Å². The molecule has 0 aromatic rings. The molecule has 0 bridgehead atoms. The van der Waals surface area contributed by atoms with Crippen molar-refractivity contribution in [3.8, 4) is 0 Å². The van der Waals surface area contributed by atoms with E-state index in [1.54, 1.807) is 0 Å². The number of piperidine rings is 1. The topological polar surface area (TPSA) is 58.2 Å². The lowest BCUT2D eigenvalue weighted by atomic mass is 9.98. The Labute approximate surface area is 113 Å². The number of carbonyl (C=O) groups is 2. The number of hydrogen-bond donors (Lipinski definition) is 2. The third-order valence-corrected chi connectivity index (χ3v) is 5.00. The SMILES string of the molecule is CCSC1CCC(NC(=O)C2CCC(=O)NC2)C1. The van der Waals surface area contributed by atoms with Gasteiger partial charge in [-0.3, -0.25) is 9.59 Å². The standard InChI is InChI=1S/C13H22N2O2S/c1-2-18-11-5-4-10(7-11)15-13(17)9-3-6-12(16)14-8-9/h9-11H,2-8H2,1H3,(H,14,16)(H,15,17). The van der Waals surface area contributed by atoms with Crippen LogP contribution in [-0.4, -0.2) is 35.4 Å². The number of amides is 2. The van der Waals surface area contributed by atoms with Crippen LogP contribution in [0.4, 0.5) is 0 Å². The zero-order chi connectivity index (χ0) is 13.0. The van der Waals surface area contributed by atoms with E-state index in [0.29, 0.717) is 30.7 Å². The summed E-state index contributed by atoms with van der Waals surface area (Å²) in [5.41, 5.74) is 0. The van der Waals surface area contributed by atoms with Crippen LogP contribution in [0.3, 0.4) is 0 Å². The molecule has 3 atom stereocenters. The predicted molar refractivity (Wildman–Crippen MR) is 73.4 cm³/mol. The van der Waals surface area contributed by atoms with Crippen LogP contribution in [0.15, 0.2) is 0 Å². The van der Waals surface area contributed by atoms with Crippen LogP contribution in [0.2, 0.25) is 0 Å². The molecular weight excluding hydrogens is 248 g/mol. The second kappa shape index (κ2) is 6.45. The molecule has 3 unspecified atom stereocenters. The molecule has 1 aliphatic carbocycles. The van der Waals surface area contributed by atoms with E-state index in [4.69, 9.17) is 0 Å². The Hall–Kier alpha value is -0.710. The largest absolute Gasteiger partial charge is 0.355 e. The lowest BCUT2D eigenvalue weighted by Gasteiger charge is -2.23. The van der Waals surface area contributed by atoms with Crippen molar-refractivity contribution in [1.29, 1.82) is 0 Å². The van der Waals surface area contributed by atoms with Crippen LogP contribution >= 0.6 is 11.8 Å². The fourth-order valence-electron chi connectivity index (χ4n) is 2.73. The van der Waals surface area contributed by atoms with Gasteiger partial charge in [-0.25, -0.2) is 0 Å². The molecule has 1 aliphatic heterocycles. The summed E-state index contributed by atoms with van der Waals surface area (Å²) in [6, 6.07) is 0.346. The van der Waals surface area contributed by atoms with E-state index in [-0.39, 0.29) is 17.7 Å². The molecule has 5 heteroatoms. The molecule has 2 fully saturated rings. The zero-order valence-corrected chi connectivity index (χ0v) is 11.7. The summed E-state index contributed by atoms with van der Waals surface area (Å²) in [6.07, 6.45) is 4.59. The summed E-state index contributed by atoms with van der Waals surface area (Å²) in [5, 5.41) is 6.63. The molecule has 0 spiro atoms. The van der Waals surface area contributed by atoms with Crippen molar-refractivity contribution in [3.05, 3.63) is 0 Å². The maximum absolute atomic E-state index is 12.1. The zero-order valence-electron chi connectivity index (χ0n) is 10.9. The third-order valence-electron chi connectivity index (χ3n) is 3.77. The van der Waals surface area contributed by atoms with Gasteiger partial charge in [0.25, 0.3) is 0 Å². The molecule has 0 radical (unpaired) electrons. The van der Waals surface area contributed by atoms with Crippen LogP contribution < -0.4 is 10.6 Å². The molecule has 1 saturated carbocycles. The minimum absolute atomic E-state index is 0.0272. The van der Waals surface area contributed by atoms with Gasteiger partial charge in [-0.2, -0.15) is 11.8 Å². The highest BCUT2D eigenvalue weighted by atomic mass is 32.2. The lowest BCUT2D eigenvalue weighted by Crippen LogP contribution is -2.45. The Morgan fingerprint density at radius 2 is 2.28 bits per heavy atom. The minimum atomic E-state index is -0.0272. The van der Waals surface area contributed by atoms with Gasteiger partial charge >= 0.3 is 0 Å². The predicted octanol–water partition coefficient (Wildman–Crippen LogP) is 1.30. The third kappa shape index (κ3) is 3.64. The van der Waals surface area contributed by atoms with Gasteiger partial charge in [0.15, 0.2) is 0 Å². The smallest absolute Gasteiger partial charge is 0.225 e. The average Bonchev–Trinajstić information content (AvgIpc) is 2.78. The number of carbonyl (C=O) groups excluding carboxylic acids is 2. The van der Waals surface area contributed by atoms with Gasteiger partial charge in [0.2, 0.25) is 11.8 Å². The molecule has 2 rings (SSSR count). The molecule has 2 aliphatic rings. The molecule has 1 heterocycles. The van der Waals surface area contributed by atoms with E-state index in [1.165, 1.54) is 6.42 Å². The van der Waals surface area contributed by atoms with Gasteiger partial charge in [-0.1, -0.05) is 6.92 Å². The molecule has 4 nitrogen and oxygen atoms in total. The van der Waals surface area contributed by atoms with Crippen LogP contribution in [0.25, 0.3) is 0 Å². The van der Waals surface area contributed by atoms with Crippen molar-refractivity contribution in [1.82, 2.24) is 10.6 Å². The number of thioether (sulfide) groups is 1. The number of hydrogen-bond acceptors (Lipinski definition) is 3. The van der Waals surface area contributed by atoms with Crippen molar-refractivity contribution < 1.29 is 9.59 Å². The maximum Gasteiger partial charge on any atom is 0.225 e. The molecule has 18 heavy (non-hydrogen) atoms. The quantitative estimate of drug-likeness (QED) is 0.809. The minimum Gasteiger partial charge on any atom is -0.355 e. The van der Waals surface area contributed by atoms with Gasteiger partial charge in [-0.15, -0.1) is 0 Å². The lowest BCUT2D eigenvalue weighted by molar-refractivity contribution is -0.129. The summed E-state index contributed by atoms with van der Waals surface area (Å²) >= 11 is 2.00. The Morgan fingerprint density at radius 1 is 1.44 bits per heavy atom. The summed E-state index contributed by atoms with van der Waals surface area (Å²) in [6.45, 7) is 2.69. The molecule has 2 N–H and O–H groups in total. The van der Waals surface area contributed by atoms with Crippen LogP contribution in [-0.2, 0) is 9.59 Å². The van der Waals surface area contributed by atoms with Crippen LogP contribution in [0.5, 0.6) is 0 Å². The monoisotopic (exact) mass is 270 g/mol. The normalized spacial score (nSPS) is 32.1. The van der Waals surface area contributed by atoms with E-state index in [2.05, 4.69) is 17.6 Å². The summed E-state index contributed by atoms with van der Waals surface area (Å²) in [5.74, 6) is 1.32. The van der Waals surface area contributed by atoms with Crippen molar-refractivity contribution in [2.75, 3.05) is 12.3 Å². The molecule has 102 valence electrons. The van der Waals surface area contributed by atoms with Gasteiger partial charge in [-0.05, 0) is 31.4 Å². The van der Waals surface area contributed by atoms with Crippen LogP contribution in [0.1, 0.15) is 39.0 Å². The fraction of sp³-hybridized carbons (Fsp3) is 0.846. The fourth-order valence-corrected chi connectivity index (χ4v) is 3.88. The highest BCUT2D eigenvalue weighted by Gasteiger charge is 2.29. The van der Waals surface area contributed by atoms with E-state index < -0.39 is 0 Å². The first-order valence-electron chi connectivity index (χ1n) is 6.87.